The molecule has 382 valence electrons. The van der Waals surface area contributed by atoms with Gasteiger partial charge in [0.05, 0.1) is 46.2 Å². The maximum Gasteiger partial charge on any atom is 0.358 e. The van der Waals surface area contributed by atoms with E-state index in [2.05, 4.69) is 41.9 Å². The molecule has 6 heterocycles. The van der Waals surface area contributed by atoms with Gasteiger partial charge in [0, 0.05) is 49.6 Å². The Morgan fingerprint density at radius 2 is 1.70 bits per heavy atom. The number of para-hydroxylation sites is 2. The van der Waals surface area contributed by atoms with E-state index in [0.29, 0.717) is 71.9 Å². The summed E-state index contributed by atoms with van der Waals surface area (Å²) in [5, 5.41) is 14.5. The molecule has 0 radical (unpaired) electrons. The maximum absolute atomic E-state index is 14.1. The van der Waals surface area contributed by atoms with Crippen molar-refractivity contribution in [2.45, 2.75) is 90.7 Å². The second kappa shape index (κ2) is 21.2. The highest BCUT2D eigenvalue weighted by molar-refractivity contribution is 7.22. The number of rotatable bonds is 14. The number of carbonyl (C=O) groups is 5. The van der Waals surface area contributed by atoms with Crippen molar-refractivity contribution in [1.29, 1.82) is 0 Å². The number of amides is 4. The first kappa shape index (κ1) is 50.1. The van der Waals surface area contributed by atoms with Crippen molar-refractivity contribution < 1.29 is 33.4 Å². The van der Waals surface area contributed by atoms with Gasteiger partial charge in [-0.15, -0.1) is 0 Å². The van der Waals surface area contributed by atoms with Crippen LogP contribution in [0.3, 0.4) is 0 Å². The summed E-state index contributed by atoms with van der Waals surface area (Å²) in [6.07, 6.45) is 5.19. The first-order valence-corrected chi connectivity index (χ1v) is 26.3. The van der Waals surface area contributed by atoms with Gasteiger partial charge >= 0.3 is 5.97 Å². The highest BCUT2D eigenvalue weighted by Gasteiger charge is 2.33. The van der Waals surface area contributed by atoms with Crippen molar-refractivity contribution in [3.05, 3.63) is 125 Å². The average molecular weight is 1020 g/mol. The summed E-state index contributed by atoms with van der Waals surface area (Å²) >= 11 is 1.44. The van der Waals surface area contributed by atoms with Crippen LogP contribution in [0.4, 0.5) is 16.6 Å². The van der Waals surface area contributed by atoms with Crippen molar-refractivity contribution in [3.8, 4) is 16.9 Å². The van der Waals surface area contributed by atoms with Crippen LogP contribution in [-0.4, -0.2) is 92.6 Å². The zero-order chi connectivity index (χ0) is 51.7. The highest BCUT2D eigenvalue weighted by atomic mass is 32.1. The number of aromatic nitrogens is 4. The molecule has 2 saturated heterocycles. The number of hydrogen-bond donors (Lipinski definition) is 3. The Hall–Kier alpha value is -7.50. The number of fused-ring (bicyclic) bond motifs is 3. The number of hydrogen-bond acceptors (Lipinski definition) is 13. The largest absolute Gasteiger partial charge is 0.493 e. The Morgan fingerprint density at radius 1 is 0.878 bits per heavy atom. The Balaban J connectivity index is 0.774. The topological polar surface area (TPSA) is 190 Å². The van der Waals surface area contributed by atoms with Gasteiger partial charge in [-0.3, -0.25) is 39.4 Å². The molecule has 10 rings (SSSR count). The molecular formula is C57H61N9O7S. The van der Waals surface area contributed by atoms with E-state index in [1.54, 1.807) is 11.7 Å². The molecular weight excluding hydrogens is 955 g/mol. The second-order valence-corrected chi connectivity index (χ2v) is 21.6. The maximum atomic E-state index is 14.1. The van der Waals surface area contributed by atoms with Gasteiger partial charge in [-0.1, -0.05) is 59.9 Å². The third-order valence-corrected chi connectivity index (χ3v) is 15.1. The fraction of sp³-hybridized carbons (Fsp3) is 0.368. The number of nitrogens with one attached hydrogen (secondary N) is 3. The van der Waals surface area contributed by atoms with Crippen molar-refractivity contribution >= 4 is 78.7 Å². The number of nitrogens with zero attached hydrogens (tertiary/aromatic N) is 6. The lowest BCUT2D eigenvalue weighted by molar-refractivity contribution is -0.134. The molecule has 3 aliphatic rings. The number of thiazole rings is 1. The normalized spacial score (nSPS) is 17.2. The highest BCUT2D eigenvalue weighted by Crippen LogP contribution is 2.37. The van der Waals surface area contributed by atoms with Crippen LogP contribution in [0, 0.1) is 12.8 Å². The summed E-state index contributed by atoms with van der Waals surface area (Å²) in [5.74, 6) is -0.280. The summed E-state index contributed by atoms with van der Waals surface area (Å²) in [6, 6.07) is 29.0. The van der Waals surface area contributed by atoms with Crippen molar-refractivity contribution in [2.24, 2.45) is 13.0 Å². The lowest BCUT2D eigenvalue weighted by Gasteiger charge is -2.32. The summed E-state index contributed by atoms with van der Waals surface area (Å²) in [5.41, 5.74) is 7.16. The molecule has 4 amide bonds. The molecule has 0 aliphatic carbocycles. The second-order valence-electron chi connectivity index (χ2n) is 20.5. The number of pyridine rings is 1. The van der Waals surface area contributed by atoms with Gasteiger partial charge in [-0.2, -0.15) is 5.10 Å². The van der Waals surface area contributed by atoms with E-state index < -0.39 is 17.5 Å². The first-order chi connectivity index (χ1) is 35.7. The van der Waals surface area contributed by atoms with Crippen LogP contribution in [0.15, 0.2) is 91.0 Å². The van der Waals surface area contributed by atoms with E-state index in [1.807, 2.05) is 113 Å². The first-order valence-electron chi connectivity index (χ1n) is 25.5. The van der Waals surface area contributed by atoms with E-state index in [9.17, 15) is 24.0 Å². The van der Waals surface area contributed by atoms with Gasteiger partial charge in [0.15, 0.2) is 10.8 Å². The fourth-order valence-corrected chi connectivity index (χ4v) is 11.5. The minimum atomic E-state index is -0.758. The minimum absolute atomic E-state index is 0.116. The number of imide groups is 1. The van der Waals surface area contributed by atoms with Gasteiger partial charge in [0.25, 0.3) is 5.91 Å². The molecule has 3 aliphatic heterocycles. The van der Waals surface area contributed by atoms with Crippen molar-refractivity contribution in [1.82, 2.24) is 30.0 Å². The zero-order valence-corrected chi connectivity index (χ0v) is 43.3. The van der Waals surface area contributed by atoms with Crippen LogP contribution in [0.25, 0.3) is 32.2 Å². The molecule has 17 heteroatoms. The Kier molecular flexibility index (Phi) is 14.3. The van der Waals surface area contributed by atoms with E-state index in [0.717, 1.165) is 87.9 Å². The Labute approximate surface area is 433 Å². The molecule has 3 N–H and O–H groups in total. The molecule has 74 heavy (non-hydrogen) atoms. The van der Waals surface area contributed by atoms with E-state index in [1.165, 1.54) is 11.3 Å². The predicted octanol–water partition coefficient (Wildman–Crippen LogP) is 9.35. The molecule has 16 nitrogen and oxygen atoms in total. The number of anilines is 3. The summed E-state index contributed by atoms with van der Waals surface area (Å²) < 4.78 is 15.1. The van der Waals surface area contributed by atoms with Gasteiger partial charge in [0.1, 0.15) is 17.2 Å². The molecule has 7 aromatic rings. The quantitative estimate of drug-likeness (QED) is 0.0533. The van der Waals surface area contributed by atoms with E-state index >= 15 is 0 Å². The molecule has 2 fully saturated rings. The average Bonchev–Trinajstić information content (AvgIpc) is 3.95. The van der Waals surface area contributed by atoms with Crippen LogP contribution in [0.1, 0.15) is 108 Å². The van der Waals surface area contributed by atoms with Crippen LogP contribution < -0.4 is 25.6 Å². The van der Waals surface area contributed by atoms with Gasteiger partial charge in [-0.25, -0.2) is 14.8 Å². The van der Waals surface area contributed by atoms with E-state index in [-0.39, 0.29) is 42.3 Å². The molecule has 0 spiro atoms. The lowest BCUT2D eigenvalue weighted by Crippen LogP contribution is -2.40. The minimum Gasteiger partial charge on any atom is -0.493 e. The monoisotopic (exact) mass is 1020 g/mol. The Morgan fingerprint density at radius 3 is 2.53 bits per heavy atom. The van der Waals surface area contributed by atoms with Crippen molar-refractivity contribution in [3.63, 3.8) is 0 Å². The van der Waals surface area contributed by atoms with E-state index in [4.69, 9.17) is 14.5 Å². The molecule has 2 atom stereocenters. The van der Waals surface area contributed by atoms with Crippen molar-refractivity contribution in [2.75, 3.05) is 48.3 Å². The molecule has 0 bridgehead atoms. The number of carbonyl (C=O) groups excluding carboxylic acids is 5. The number of benzene rings is 4. The van der Waals surface area contributed by atoms with Gasteiger partial charge in [0.2, 0.25) is 17.7 Å². The predicted molar refractivity (Wildman–Crippen MR) is 287 cm³/mol. The number of ether oxygens (including phenoxy) is 2. The SMILES string of the molecule is Cc1c(OCCC[C@@H]2CCCN(CC(=O)Nc3cccc4c(C5CCC(=O)NC5=O)nn(C)c34)C2)cccc1-c1ccc(N2CCc3cccc(C(=O)Nc4nc5ccccc5s4)c3C2)nc1C(=O)OC(C)(C)C. The third kappa shape index (κ3) is 10.9. The van der Waals surface area contributed by atoms with Crippen LogP contribution >= 0.6 is 11.3 Å². The lowest BCUT2D eigenvalue weighted by atomic mass is 9.92. The standard InChI is InChI=1S/C57H61N9O7S/c1-34-37(38-23-25-47(60-51(38)55(71)73-57(2,3)4)66-29-27-36-15-8-17-39(42(36)32-66)53(69)62-56-59-43-19-6-7-22-46(43)74-56)16-10-21-45(34)72-30-12-14-35-13-11-28-65(31-35)33-49(68)58-44-20-9-18-40-50(63-64(5)52(40)44)41-24-26-48(67)61-54(41)70/h6-10,15-23,25,35,41H,11-14,24,26-33H2,1-5H3,(H,58,68)(H,59,62,69)(H,61,67,70)/t35-,41?/m0/s1. The molecule has 4 aromatic carbocycles. The Bertz CT molecular complexity index is 3290. The van der Waals surface area contributed by atoms with Gasteiger partial charge < -0.3 is 19.7 Å². The third-order valence-electron chi connectivity index (χ3n) is 14.1. The number of aryl methyl sites for hydroxylation is 1. The van der Waals surface area contributed by atoms with Crippen LogP contribution in [0.5, 0.6) is 5.75 Å². The number of piperidine rings is 2. The smallest absolute Gasteiger partial charge is 0.358 e. The number of esters is 1. The number of likely N-dealkylation sites (tertiary alicyclic amines) is 1. The van der Waals surface area contributed by atoms with Gasteiger partial charge in [-0.05, 0) is 143 Å². The van der Waals surface area contributed by atoms with Crippen LogP contribution in [-0.2, 0) is 39.1 Å². The zero-order valence-electron chi connectivity index (χ0n) is 42.5. The summed E-state index contributed by atoms with van der Waals surface area (Å²) in [4.78, 5) is 79.8. The van der Waals surface area contributed by atoms with Crippen LogP contribution in [0.2, 0.25) is 0 Å². The molecule has 1 unspecified atom stereocenters. The summed E-state index contributed by atoms with van der Waals surface area (Å²) in [6.45, 7) is 11.0. The summed E-state index contributed by atoms with van der Waals surface area (Å²) in [7, 11) is 1.80. The molecule has 3 aromatic heterocycles. The molecule has 0 saturated carbocycles. The fourth-order valence-electron chi connectivity index (χ4n) is 10.6.